The van der Waals surface area contributed by atoms with E-state index in [-0.39, 0.29) is 5.69 Å². The van der Waals surface area contributed by atoms with Crippen LogP contribution in [0.25, 0.3) is 0 Å². The standard InChI is InChI=1S/C13H23N3O5/c1-4-21-13(17)12-11(2)16(15-14-12)5-6-19-9-10-20-8-7-18-3/h4-10H2,1-3H3. The number of carbonyl (C=O) groups excluding carboxylic acids is 1. The molecule has 0 bridgehead atoms. The van der Waals surface area contributed by atoms with Gasteiger partial charge in [0, 0.05) is 7.11 Å². The molecule has 0 fully saturated rings. The lowest BCUT2D eigenvalue weighted by Gasteiger charge is -2.06. The van der Waals surface area contributed by atoms with Crippen molar-refractivity contribution in [2.75, 3.05) is 46.8 Å². The van der Waals surface area contributed by atoms with Crippen molar-refractivity contribution in [1.82, 2.24) is 15.0 Å². The number of ether oxygens (including phenoxy) is 4. The molecule has 1 rings (SSSR count). The Morgan fingerprint density at radius 3 is 2.48 bits per heavy atom. The molecule has 0 N–H and O–H groups in total. The van der Waals surface area contributed by atoms with E-state index in [1.54, 1.807) is 25.6 Å². The van der Waals surface area contributed by atoms with Crippen molar-refractivity contribution in [3.8, 4) is 0 Å². The summed E-state index contributed by atoms with van der Waals surface area (Å²) >= 11 is 0. The summed E-state index contributed by atoms with van der Waals surface area (Å²) in [6.07, 6.45) is 0. The average Bonchev–Trinajstić information content (AvgIpc) is 2.83. The molecule has 0 amide bonds. The predicted octanol–water partition coefficient (Wildman–Crippen LogP) is 0.443. The fourth-order valence-corrected chi connectivity index (χ4v) is 1.58. The van der Waals surface area contributed by atoms with Gasteiger partial charge in [-0.25, -0.2) is 9.48 Å². The zero-order chi connectivity index (χ0) is 15.5. The first-order valence-corrected chi connectivity index (χ1v) is 6.92. The Hall–Kier alpha value is -1.51. The third-order valence-electron chi connectivity index (χ3n) is 2.70. The first-order chi connectivity index (χ1) is 10.2. The van der Waals surface area contributed by atoms with E-state index in [1.807, 2.05) is 0 Å². The highest BCUT2D eigenvalue weighted by atomic mass is 16.5. The molecule has 0 radical (unpaired) electrons. The molecular formula is C13H23N3O5. The maximum Gasteiger partial charge on any atom is 0.360 e. The molecule has 0 atom stereocenters. The van der Waals surface area contributed by atoms with Gasteiger partial charge < -0.3 is 18.9 Å². The van der Waals surface area contributed by atoms with Gasteiger partial charge >= 0.3 is 5.97 Å². The molecule has 0 aliphatic heterocycles. The van der Waals surface area contributed by atoms with Gasteiger partial charge in [-0.3, -0.25) is 0 Å². The minimum atomic E-state index is -0.450. The molecule has 0 aliphatic carbocycles. The van der Waals surface area contributed by atoms with Crippen LogP contribution in [0.3, 0.4) is 0 Å². The summed E-state index contributed by atoms with van der Waals surface area (Å²) in [7, 11) is 1.63. The van der Waals surface area contributed by atoms with Gasteiger partial charge in [0.25, 0.3) is 0 Å². The second-order valence-corrected chi connectivity index (χ2v) is 4.18. The third-order valence-corrected chi connectivity index (χ3v) is 2.70. The number of carbonyl (C=O) groups is 1. The molecule has 21 heavy (non-hydrogen) atoms. The van der Waals surface area contributed by atoms with E-state index in [4.69, 9.17) is 18.9 Å². The fourth-order valence-electron chi connectivity index (χ4n) is 1.58. The van der Waals surface area contributed by atoms with Crippen LogP contribution in [0.2, 0.25) is 0 Å². The van der Waals surface area contributed by atoms with Gasteiger partial charge in [0.2, 0.25) is 0 Å². The molecule has 1 heterocycles. The average molecular weight is 301 g/mol. The first-order valence-electron chi connectivity index (χ1n) is 6.92. The zero-order valence-electron chi connectivity index (χ0n) is 12.8. The van der Waals surface area contributed by atoms with E-state index < -0.39 is 5.97 Å². The lowest BCUT2D eigenvalue weighted by Crippen LogP contribution is -2.13. The maximum atomic E-state index is 11.6. The van der Waals surface area contributed by atoms with Crippen LogP contribution in [-0.2, 0) is 25.5 Å². The number of rotatable bonds is 11. The lowest BCUT2D eigenvalue weighted by atomic mass is 10.3. The molecule has 0 spiro atoms. The Labute approximate surface area is 124 Å². The summed E-state index contributed by atoms with van der Waals surface area (Å²) in [5, 5.41) is 7.74. The Bertz CT molecular complexity index is 422. The largest absolute Gasteiger partial charge is 0.461 e. The highest BCUT2D eigenvalue weighted by Gasteiger charge is 2.17. The molecular weight excluding hydrogens is 278 g/mol. The van der Waals surface area contributed by atoms with Crippen LogP contribution in [0.1, 0.15) is 23.1 Å². The van der Waals surface area contributed by atoms with E-state index in [2.05, 4.69) is 10.3 Å². The number of methoxy groups -OCH3 is 1. The fraction of sp³-hybridized carbons (Fsp3) is 0.769. The van der Waals surface area contributed by atoms with E-state index in [0.717, 1.165) is 0 Å². The molecule has 1 aromatic heterocycles. The highest BCUT2D eigenvalue weighted by Crippen LogP contribution is 2.05. The van der Waals surface area contributed by atoms with Crippen molar-refractivity contribution in [2.45, 2.75) is 20.4 Å². The zero-order valence-corrected chi connectivity index (χ0v) is 12.8. The van der Waals surface area contributed by atoms with Crippen LogP contribution in [0.15, 0.2) is 0 Å². The Kier molecular flexibility index (Phi) is 8.56. The van der Waals surface area contributed by atoms with Gasteiger partial charge in [-0.2, -0.15) is 0 Å². The molecule has 1 aromatic rings. The van der Waals surface area contributed by atoms with Crippen LogP contribution >= 0.6 is 0 Å². The summed E-state index contributed by atoms with van der Waals surface area (Å²) in [4.78, 5) is 11.6. The Morgan fingerprint density at radius 1 is 1.14 bits per heavy atom. The number of aromatic nitrogens is 3. The van der Waals surface area contributed by atoms with E-state index in [9.17, 15) is 4.79 Å². The van der Waals surface area contributed by atoms with Crippen molar-refractivity contribution >= 4 is 5.97 Å². The van der Waals surface area contributed by atoms with Crippen LogP contribution in [0.5, 0.6) is 0 Å². The molecule has 8 nitrogen and oxygen atoms in total. The SMILES string of the molecule is CCOC(=O)c1nnn(CCOCCOCCOC)c1C. The highest BCUT2D eigenvalue weighted by molar-refractivity contribution is 5.88. The monoisotopic (exact) mass is 301 g/mol. The lowest BCUT2D eigenvalue weighted by molar-refractivity contribution is 0.0223. The topological polar surface area (TPSA) is 84.7 Å². The van der Waals surface area contributed by atoms with Gasteiger partial charge in [-0.05, 0) is 13.8 Å². The summed E-state index contributed by atoms with van der Waals surface area (Å²) in [6, 6.07) is 0. The smallest absolute Gasteiger partial charge is 0.360 e. The second-order valence-electron chi connectivity index (χ2n) is 4.18. The van der Waals surface area contributed by atoms with Crippen LogP contribution in [-0.4, -0.2) is 67.7 Å². The molecule has 0 aliphatic rings. The number of hydrogen-bond donors (Lipinski definition) is 0. The Morgan fingerprint density at radius 2 is 1.81 bits per heavy atom. The second kappa shape index (κ2) is 10.3. The van der Waals surface area contributed by atoms with Gasteiger partial charge in [0.15, 0.2) is 5.69 Å². The molecule has 0 saturated carbocycles. The summed E-state index contributed by atoms with van der Waals surface area (Å²) < 4.78 is 22.1. The molecule has 0 saturated heterocycles. The normalized spacial score (nSPS) is 10.8. The minimum absolute atomic E-state index is 0.250. The van der Waals surface area contributed by atoms with Crippen molar-refractivity contribution in [1.29, 1.82) is 0 Å². The van der Waals surface area contributed by atoms with Crippen molar-refractivity contribution < 1.29 is 23.7 Å². The number of hydrogen-bond acceptors (Lipinski definition) is 7. The van der Waals surface area contributed by atoms with Crippen LogP contribution < -0.4 is 0 Å². The van der Waals surface area contributed by atoms with Crippen molar-refractivity contribution in [3.05, 3.63) is 11.4 Å². The quantitative estimate of drug-likeness (QED) is 0.433. The third kappa shape index (κ3) is 6.19. The van der Waals surface area contributed by atoms with E-state index in [0.29, 0.717) is 51.9 Å². The summed E-state index contributed by atoms with van der Waals surface area (Å²) in [6.45, 7) is 7.00. The number of esters is 1. The van der Waals surface area contributed by atoms with Gasteiger partial charge in [-0.15, -0.1) is 5.10 Å². The molecule has 0 aromatic carbocycles. The number of nitrogens with zero attached hydrogens (tertiary/aromatic N) is 3. The molecule has 120 valence electrons. The van der Waals surface area contributed by atoms with Gasteiger partial charge in [0.1, 0.15) is 0 Å². The predicted molar refractivity (Wildman–Crippen MR) is 74.2 cm³/mol. The van der Waals surface area contributed by atoms with Crippen LogP contribution in [0.4, 0.5) is 0 Å². The molecule has 0 unspecified atom stereocenters. The van der Waals surface area contributed by atoms with Crippen molar-refractivity contribution in [2.24, 2.45) is 0 Å². The summed E-state index contributed by atoms with van der Waals surface area (Å²) in [5.41, 5.74) is 0.924. The summed E-state index contributed by atoms with van der Waals surface area (Å²) in [5.74, 6) is -0.450. The molecule has 8 heteroatoms. The van der Waals surface area contributed by atoms with Gasteiger partial charge in [-0.1, -0.05) is 5.21 Å². The minimum Gasteiger partial charge on any atom is -0.461 e. The van der Waals surface area contributed by atoms with E-state index >= 15 is 0 Å². The first kappa shape index (κ1) is 17.5. The van der Waals surface area contributed by atoms with Crippen molar-refractivity contribution in [3.63, 3.8) is 0 Å². The van der Waals surface area contributed by atoms with Gasteiger partial charge in [0.05, 0.1) is 51.9 Å². The van der Waals surface area contributed by atoms with E-state index in [1.165, 1.54) is 0 Å². The Balaban J connectivity index is 2.22. The maximum absolute atomic E-state index is 11.6. The van der Waals surface area contributed by atoms with Crippen LogP contribution in [0, 0.1) is 6.92 Å².